The molecule has 2 N–H and O–H groups in total. The first-order valence-corrected chi connectivity index (χ1v) is 7.15. The van der Waals surface area contributed by atoms with Gasteiger partial charge in [0.25, 0.3) is 0 Å². The summed E-state index contributed by atoms with van der Waals surface area (Å²) in [5.74, 6) is 0.882. The quantitative estimate of drug-likeness (QED) is 0.742. The van der Waals surface area contributed by atoms with Crippen LogP contribution in [0.25, 0.3) is 0 Å². The standard InChI is InChI=1S/C15H25N3O/c1-16-14-7-6-13(12-15(14)19-2)17-8-5-11-18-9-3-4-10-18/h6-7,12,16-17H,3-5,8-11H2,1-2H3. The van der Waals surface area contributed by atoms with Gasteiger partial charge in [0, 0.05) is 25.3 Å². The van der Waals surface area contributed by atoms with Crippen molar-refractivity contribution >= 4 is 11.4 Å². The van der Waals surface area contributed by atoms with Crippen LogP contribution in [0, 0.1) is 0 Å². The summed E-state index contributed by atoms with van der Waals surface area (Å²) >= 11 is 0. The van der Waals surface area contributed by atoms with E-state index in [-0.39, 0.29) is 0 Å². The molecule has 0 saturated carbocycles. The van der Waals surface area contributed by atoms with Crippen molar-refractivity contribution in [3.63, 3.8) is 0 Å². The zero-order valence-electron chi connectivity index (χ0n) is 12.0. The Hall–Kier alpha value is -1.42. The van der Waals surface area contributed by atoms with Crippen molar-refractivity contribution in [2.45, 2.75) is 19.3 Å². The number of hydrogen-bond donors (Lipinski definition) is 2. The van der Waals surface area contributed by atoms with Gasteiger partial charge in [0.05, 0.1) is 12.8 Å². The van der Waals surface area contributed by atoms with Gasteiger partial charge in [-0.1, -0.05) is 0 Å². The maximum Gasteiger partial charge on any atom is 0.143 e. The van der Waals surface area contributed by atoms with Gasteiger partial charge >= 0.3 is 0 Å². The van der Waals surface area contributed by atoms with E-state index in [1.54, 1.807) is 7.11 Å². The Bertz CT molecular complexity index is 389. The third-order valence-electron chi connectivity index (χ3n) is 3.65. The lowest BCUT2D eigenvalue weighted by atomic mass is 10.2. The molecular formula is C15H25N3O. The maximum atomic E-state index is 5.35. The van der Waals surface area contributed by atoms with Crippen molar-refractivity contribution in [1.82, 2.24) is 4.90 Å². The van der Waals surface area contributed by atoms with Crippen LogP contribution in [0.4, 0.5) is 11.4 Å². The molecule has 4 nitrogen and oxygen atoms in total. The molecular weight excluding hydrogens is 238 g/mol. The number of methoxy groups -OCH3 is 1. The molecule has 106 valence electrons. The monoisotopic (exact) mass is 263 g/mol. The van der Waals surface area contributed by atoms with Gasteiger partial charge in [0.1, 0.15) is 5.75 Å². The van der Waals surface area contributed by atoms with Crippen LogP contribution in [0.2, 0.25) is 0 Å². The highest BCUT2D eigenvalue weighted by Crippen LogP contribution is 2.27. The summed E-state index contributed by atoms with van der Waals surface area (Å²) in [4.78, 5) is 2.55. The van der Waals surface area contributed by atoms with Gasteiger partial charge in [-0.2, -0.15) is 0 Å². The van der Waals surface area contributed by atoms with Gasteiger partial charge in [-0.05, 0) is 51.0 Å². The molecule has 1 aliphatic heterocycles. The van der Waals surface area contributed by atoms with Crippen molar-refractivity contribution in [1.29, 1.82) is 0 Å². The minimum Gasteiger partial charge on any atom is -0.495 e. The third kappa shape index (κ3) is 4.03. The van der Waals surface area contributed by atoms with Crippen LogP contribution in [0.15, 0.2) is 18.2 Å². The highest BCUT2D eigenvalue weighted by atomic mass is 16.5. The maximum absolute atomic E-state index is 5.35. The van der Waals surface area contributed by atoms with Crippen LogP contribution in [0.3, 0.4) is 0 Å². The summed E-state index contributed by atoms with van der Waals surface area (Å²) < 4.78 is 5.35. The average Bonchev–Trinajstić information content (AvgIpc) is 2.96. The molecule has 1 heterocycles. The topological polar surface area (TPSA) is 36.5 Å². The minimum atomic E-state index is 0.882. The summed E-state index contributed by atoms with van der Waals surface area (Å²) in [6, 6.07) is 6.17. The largest absolute Gasteiger partial charge is 0.495 e. The fourth-order valence-corrected chi connectivity index (χ4v) is 2.55. The number of benzene rings is 1. The van der Waals surface area contributed by atoms with Crippen molar-refractivity contribution in [3.8, 4) is 5.75 Å². The molecule has 4 heteroatoms. The first kappa shape index (κ1) is 14.0. The lowest BCUT2D eigenvalue weighted by Crippen LogP contribution is -2.22. The number of rotatable bonds is 7. The lowest BCUT2D eigenvalue weighted by molar-refractivity contribution is 0.337. The van der Waals surface area contributed by atoms with E-state index in [1.165, 1.54) is 38.9 Å². The molecule has 0 amide bonds. The van der Waals surface area contributed by atoms with Crippen LogP contribution >= 0.6 is 0 Å². The van der Waals surface area contributed by atoms with Crippen molar-refractivity contribution in [2.24, 2.45) is 0 Å². The van der Waals surface area contributed by atoms with Crippen molar-refractivity contribution < 1.29 is 4.74 Å². The van der Waals surface area contributed by atoms with Crippen LogP contribution in [-0.2, 0) is 0 Å². The van der Waals surface area contributed by atoms with E-state index in [0.29, 0.717) is 0 Å². The molecule has 1 aliphatic rings. The van der Waals surface area contributed by atoms with Gasteiger partial charge in [-0.3, -0.25) is 0 Å². The van der Waals surface area contributed by atoms with Gasteiger partial charge in [0.2, 0.25) is 0 Å². The van der Waals surface area contributed by atoms with E-state index in [9.17, 15) is 0 Å². The first-order valence-electron chi connectivity index (χ1n) is 7.15. The fraction of sp³-hybridized carbons (Fsp3) is 0.600. The molecule has 0 spiro atoms. The Morgan fingerprint density at radius 2 is 2.05 bits per heavy atom. The Morgan fingerprint density at radius 3 is 2.74 bits per heavy atom. The van der Waals surface area contributed by atoms with Crippen LogP contribution in [0.1, 0.15) is 19.3 Å². The van der Waals surface area contributed by atoms with E-state index < -0.39 is 0 Å². The zero-order chi connectivity index (χ0) is 13.5. The number of ether oxygens (including phenoxy) is 1. The number of hydrogen-bond acceptors (Lipinski definition) is 4. The number of nitrogens with zero attached hydrogens (tertiary/aromatic N) is 1. The van der Waals surface area contributed by atoms with E-state index in [4.69, 9.17) is 4.74 Å². The van der Waals surface area contributed by atoms with Crippen molar-refractivity contribution in [2.75, 3.05) is 51.0 Å². The predicted octanol–water partition coefficient (Wildman–Crippen LogP) is 2.63. The van der Waals surface area contributed by atoms with Crippen LogP contribution < -0.4 is 15.4 Å². The second kappa shape index (κ2) is 7.24. The zero-order valence-corrected chi connectivity index (χ0v) is 12.0. The predicted molar refractivity (Wildman–Crippen MR) is 81.3 cm³/mol. The molecule has 0 unspecified atom stereocenters. The SMILES string of the molecule is CNc1ccc(NCCCN2CCCC2)cc1OC. The highest BCUT2D eigenvalue weighted by molar-refractivity contribution is 5.63. The second-order valence-corrected chi connectivity index (χ2v) is 4.99. The van der Waals surface area contributed by atoms with E-state index in [1.807, 2.05) is 19.2 Å². The summed E-state index contributed by atoms with van der Waals surface area (Å²) in [5.41, 5.74) is 2.14. The highest BCUT2D eigenvalue weighted by Gasteiger charge is 2.10. The van der Waals surface area contributed by atoms with E-state index in [0.717, 1.165) is 23.7 Å². The van der Waals surface area contributed by atoms with Gasteiger partial charge < -0.3 is 20.3 Å². The smallest absolute Gasteiger partial charge is 0.143 e. The fourth-order valence-electron chi connectivity index (χ4n) is 2.55. The normalized spacial score (nSPS) is 15.5. The molecule has 0 aliphatic carbocycles. The molecule has 1 saturated heterocycles. The van der Waals surface area contributed by atoms with Gasteiger partial charge in [-0.25, -0.2) is 0 Å². The molecule has 1 aromatic carbocycles. The lowest BCUT2D eigenvalue weighted by Gasteiger charge is -2.15. The Labute approximate surface area is 116 Å². The molecule has 1 fully saturated rings. The molecule has 0 aromatic heterocycles. The number of likely N-dealkylation sites (tertiary alicyclic amines) is 1. The summed E-state index contributed by atoms with van der Waals surface area (Å²) in [6.45, 7) is 4.78. The molecule has 2 rings (SSSR count). The molecule has 0 atom stereocenters. The Morgan fingerprint density at radius 1 is 1.26 bits per heavy atom. The van der Waals surface area contributed by atoms with Crippen LogP contribution in [-0.4, -0.2) is 45.2 Å². The Kier molecular flexibility index (Phi) is 5.33. The second-order valence-electron chi connectivity index (χ2n) is 4.99. The average molecular weight is 263 g/mol. The summed E-state index contributed by atoms with van der Waals surface area (Å²) in [6.07, 6.45) is 3.93. The molecule has 19 heavy (non-hydrogen) atoms. The summed E-state index contributed by atoms with van der Waals surface area (Å²) in [7, 11) is 3.61. The molecule has 1 aromatic rings. The third-order valence-corrected chi connectivity index (χ3v) is 3.65. The van der Waals surface area contributed by atoms with E-state index >= 15 is 0 Å². The number of nitrogens with one attached hydrogen (secondary N) is 2. The van der Waals surface area contributed by atoms with E-state index in [2.05, 4.69) is 21.6 Å². The Balaban J connectivity index is 1.75. The van der Waals surface area contributed by atoms with Gasteiger partial charge in [-0.15, -0.1) is 0 Å². The van der Waals surface area contributed by atoms with Gasteiger partial charge in [0.15, 0.2) is 0 Å². The molecule has 0 bridgehead atoms. The first-order chi connectivity index (χ1) is 9.33. The number of anilines is 2. The molecule has 0 radical (unpaired) electrons. The summed E-state index contributed by atoms with van der Waals surface area (Å²) in [5, 5.41) is 6.58. The minimum absolute atomic E-state index is 0.882. The van der Waals surface area contributed by atoms with Crippen molar-refractivity contribution in [3.05, 3.63) is 18.2 Å². The van der Waals surface area contributed by atoms with Crippen LogP contribution in [0.5, 0.6) is 5.75 Å².